The van der Waals surface area contributed by atoms with Crippen LogP contribution in [0.5, 0.6) is 0 Å². The van der Waals surface area contributed by atoms with Gasteiger partial charge in [-0.2, -0.15) is 0 Å². The molecule has 2 nitrogen and oxygen atoms in total. The van der Waals surface area contributed by atoms with Crippen molar-refractivity contribution >= 4 is 5.91 Å². The largest absolute Gasteiger partial charge is 0.352 e. The van der Waals surface area contributed by atoms with Crippen LogP contribution in [0.4, 0.5) is 0 Å². The fourth-order valence-electron chi connectivity index (χ4n) is 1.24. The number of nitrogens with one attached hydrogen (secondary N) is 1. The monoisotopic (exact) mass is 191 g/mol. The lowest BCUT2D eigenvalue weighted by molar-refractivity contribution is -0.120. The third kappa shape index (κ3) is 2.87. The number of carbonyl (C=O) groups is 1. The molecule has 0 radical (unpaired) electrons. The molecule has 1 aromatic rings. The van der Waals surface area contributed by atoms with Gasteiger partial charge in [0, 0.05) is 13.0 Å². The van der Waals surface area contributed by atoms with E-state index in [0.29, 0.717) is 13.0 Å². The van der Waals surface area contributed by atoms with Crippen molar-refractivity contribution < 1.29 is 4.79 Å². The molecule has 0 unspecified atom stereocenters. The van der Waals surface area contributed by atoms with Crippen LogP contribution in [0, 0.1) is 13.8 Å². The van der Waals surface area contributed by atoms with Crippen LogP contribution < -0.4 is 5.32 Å². The molecular formula is C12H17NO. The van der Waals surface area contributed by atoms with Crippen molar-refractivity contribution in [2.45, 2.75) is 33.7 Å². The van der Waals surface area contributed by atoms with Crippen LogP contribution in [0.1, 0.15) is 30.0 Å². The van der Waals surface area contributed by atoms with Crippen molar-refractivity contribution in [3.63, 3.8) is 0 Å². The van der Waals surface area contributed by atoms with Gasteiger partial charge in [0.25, 0.3) is 0 Å². The molecule has 0 aliphatic carbocycles. The summed E-state index contributed by atoms with van der Waals surface area (Å²) in [5.41, 5.74) is 3.72. The van der Waals surface area contributed by atoms with E-state index in [1.807, 2.05) is 6.92 Å². The van der Waals surface area contributed by atoms with E-state index < -0.39 is 0 Å². The predicted octanol–water partition coefficient (Wildman–Crippen LogP) is 2.33. The highest BCUT2D eigenvalue weighted by molar-refractivity contribution is 5.75. The van der Waals surface area contributed by atoms with Gasteiger partial charge in [-0.05, 0) is 30.5 Å². The van der Waals surface area contributed by atoms with E-state index in [0.717, 1.165) is 5.56 Å². The zero-order valence-corrected chi connectivity index (χ0v) is 9.05. The number of rotatable bonds is 3. The summed E-state index contributed by atoms with van der Waals surface area (Å²) in [6.45, 7) is 6.66. The van der Waals surface area contributed by atoms with Crippen molar-refractivity contribution in [3.8, 4) is 0 Å². The fourth-order valence-corrected chi connectivity index (χ4v) is 1.24. The molecule has 0 spiro atoms. The lowest BCUT2D eigenvalue weighted by Gasteiger charge is -2.06. The Morgan fingerprint density at radius 2 is 2.00 bits per heavy atom. The van der Waals surface area contributed by atoms with Crippen LogP contribution >= 0.6 is 0 Å². The molecule has 0 heterocycles. The van der Waals surface area contributed by atoms with Crippen LogP contribution in [0.25, 0.3) is 0 Å². The van der Waals surface area contributed by atoms with Crippen LogP contribution in [-0.4, -0.2) is 5.91 Å². The smallest absolute Gasteiger partial charge is 0.219 e. The molecule has 0 saturated carbocycles. The Bertz CT molecular complexity index is 331. The molecule has 0 aliphatic heterocycles. The highest BCUT2D eigenvalue weighted by atomic mass is 16.1. The molecule has 1 N–H and O–H groups in total. The molecule has 0 fully saturated rings. The van der Waals surface area contributed by atoms with Crippen molar-refractivity contribution in [3.05, 3.63) is 34.9 Å². The van der Waals surface area contributed by atoms with Crippen LogP contribution in [-0.2, 0) is 11.3 Å². The Morgan fingerprint density at radius 1 is 1.29 bits per heavy atom. The van der Waals surface area contributed by atoms with Gasteiger partial charge in [-0.1, -0.05) is 25.1 Å². The molecule has 76 valence electrons. The summed E-state index contributed by atoms with van der Waals surface area (Å²) in [4.78, 5) is 11.0. The molecule has 0 saturated heterocycles. The summed E-state index contributed by atoms with van der Waals surface area (Å²) in [6, 6.07) is 6.26. The van der Waals surface area contributed by atoms with E-state index in [2.05, 4.69) is 37.4 Å². The number of benzene rings is 1. The first kappa shape index (κ1) is 10.8. The van der Waals surface area contributed by atoms with Gasteiger partial charge >= 0.3 is 0 Å². The van der Waals surface area contributed by atoms with E-state index in [4.69, 9.17) is 0 Å². The number of amides is 1. The summed E-state index contributed by atoms with van der Waals surface area (Å²) >= 11 is 0. The Kier molecular flexibility index (Phi) is 3.69. The summed E-state index contributed by atoms with van der Waals surface area (Å²) < 4.78 is 0. The van der Waals surface area contributed by atoms with E-state index in [9.17, 15) is 4.79 Å². The highest BCUT2D eigenvalue weighted by Crippen LogP contribution is 2.09. The van der Waals surface area contributed by atoms with Gasteiger partial charge in [0.15, 0.2) is 0 Å². The topological polar surface area (TPSA) is 29.1 Å². The maximum absolute atomic E-state index is 11.0. The first-order valence-corrected chi connectivity index (χ1v) is 4.96. The molecule has 1 rings (SSSR count). The second kappa shape index (κ2) is 4.80. The zero-order valence-electron chi connectivity index (χ0n) is 9.05. The molecule has 0 aliphatic rings. The molecule has 1 amide bonds. The Hall–Kier alpha value is -1.31. The summed E-state index contributed by atoms with van der Waals surface area (Å²) in [5, 5.41) is 2.86. The minimum atomic E-state index is 0.100. The first-order valence-electron chi connectivity index (χ1n) is 4.96. The van der Waals surface area contributed by atoms with Crippen LogP contribution in [0.15, 0.2) is 18.2 Å². The Labute approximate surface area is 85.3 Å². The van der Waals surface area contributed by atoms with Crippen molar-refractivity contribution in [1.29, 1.82) is 0 Å². The lowest BCUT2D eigenvalue weighted by Crippen LogP contribution is -2.21. The van der Waals surface area contributed by atoms with Crippen molar-refractivity contribution in [2.75, 3.05) is 0 Å². The van der Waals surface area contributed by atoms with Crippen molar-refractivity contribution in [2.24, 2.45) is 0 Å². The number of hydrogen-bond acceptors (Lipinski definition) is 1. The van der Waals surface area contributed by atoms with Gasteiger partial charge < -0.3 is 5.32 Å². The number of carbonyl (C=O) groups excluding carboxylic acids is 1. The van der Waals surface area contributed by atoms with Crippen molar-refractivity contribution in [1.82, 2.24) is 5.32 Å². The number of aryl methyl sites for hydroxylation is 2. The minimum absolute atomic E-state index is 0.100. The Morgan fingerprint density at radius 3 is 2.57 bits per heavy atom. The van der Waals surface area contributed by atoms with Crippen LogP contribution in [0.2, 0.25) is 0 Å². The average molecular weight is 191 g/mol. The third-order valence-electron chi connectivity index (χ3n) is 2.38. The second-order valence-electron chi connectivity index (χ2n) is 3.55. The molecular weight excluding hydrogens is 174 g/mol. The molecule has 1 aromatic carbocycles. The van der Waals surface area contributed by atoms with E-state index in [1.54, 1.807) is 0 Å². The normalized spacial score (nSPS) is 9.93. The maximum atomic E-state index is 11.0. The second-order valence-corrected chi connectivity index (χ2v) is 3.55. The summed E-state index contributed by atoms with van der Waals surface area (Å²) in [7, 11) is 0. The van der Waals surface area contributed by atoms with E-state index >= 15 is 0 Å². The first-order chi connectivity index (χ1) is 6.63. The van der Waals surface area contributed by atoms with Crippen LogP contribution in [0.3, 0.4) is 0 Å². The minimum Gasteiger partial charge on any atom is -0.352 e. The van der Waals surface area contributed by atoms with Gasteiger partial charge in [0.05, 0.1) is 0 Å². The van der Waals surface area contributed by atoms with E-state index in [1.165, 1.54) is 11.1 Å². The molecule has 0 atom stereocenters. The van der Waals surface area contributed by atoms with Gasteiger partial charge in [0.1, 0.15) is 0 Å². The quantitative estimate of drug-likeness (QED) is 0.780. The third-order valence-corrected chi connectivity index (χ3v) is 2.38. The summed E-state index contributed by atoms with van der Waals surface area (Å²) in [5.74, 6) is 0.100. The molecule has 0 aromatic heterocycles. The SMILES string of the molecule is CCC(=O)NCc1ccc(C)c(C)c1. The van der Waals surface area contributed by atoms with Gasteiger partial charge in [-0.3, -0.25) is 4.79 Å². The summed E-state index contributed by atoms with van der Waals surface area (Å²) in [6.07, 6.45) is 0.546. The molecule has 2 heteroatoms. The fraction of sp³-hybridized carbons (Fsp3) is 0.417. The average Bonchev–Trinajstić information content (AvgIpc) is 2.19. The zero-order chi connectivity index (χ0) is 10.6. The van der Waals surface area contributed by atoms with Gasteiger partial charge in [-0.25, -0.2) is 0 Å². The van der Waals surface area contributed by atoms with Gasteiger partial charge in [-0.15, -0.1) is 0 Å². The lowest BCUT2D eigenvalue weighted by atomic mass is 10.1. The number of hydrogen-bond donors (Lipinski definition) is 1. The molecule has 14 heavy (non-hydrogen) atoms. The van der Waals surface area contributed by atoms with E-state index in [-0.39, 0.29) is 5.91 Å². The highest BCUT2D eigenvalue weighted by Gasteiger charge is 1.98. The standard InChI is InChI=1S/C12H17NO/c1-4-12(14)13-8-11-6-5-9(2)10(3)7-11/h5-7H,4,8H2,1-3H3,(H,13,14). The Balaban J connectivity index is 2.60. The molecule has 0 bridgehead atoms. The van der Waals surface area contributed by atoms with Gasteiger partial charge in [0.2, 0.25) is 5.91 Å². The maximum Gasteiger partial charge on any atom is 0.219 e. The predicted molar refractivity (Wildman–Crippen MR) is 58.1 cm³/mol.